The van der Waals surface area contributed by atoms with E-state index in [1.807, 2.05) is 6.92 Å². The number of carbonyl (C=O) groups is 1. The number of rotatable bonds is 7. The van der Waals surface area contributed by atoms with E-state index in [4.69, 9.17) is 4.98 Å². The Labute approximate surface area is 180 Å². The molecule has 0 aromatic carbocycles. The number of hydrogen-bond acceptors (Lipinski definition) is 5. The van der Waals surface area contributed by atoms with Gasteiger partial charge in [0.1, 0.15) is 11.2 Å². The maximum absolute atomic E-state index is 12.8. The van der Waals surface area contributed by atoms with Crippen LogP contribution in [-0.4, -0.2) is 32.0 Å². The van der Waals surface area contributed by atoms with Crippen molar-refractivity contribution < 1.29 is 4.79 Å². The third kappa shape index (κ3) is 4.29. The molecule has 2 N–H and O–H groups in total. The number of nitrogens with one attached hydrogen (secondary N) is 2. The van der Waals surface area contributed by atoms with E-state index in [2.05, 4.69) is 15.3 Å². The first kappa shape index (κ1) is 20.4. The molecule has 2 aromatic heterocycles. The lowest BCUT2D eigenvalue weighted by atomic mass is 9.89. The Kier molecular flexibility index (Phi) is 5.40. The van der Waals surface area contributed by atoms with Crippen LogP contribution in [0.4, 0.5) is 0 Å². The molecule has 1 atom stereocenters. The van der Waals surface area contributed by atoms with Crippen LogP contribution in [0.5, 0.6) is 0 Å². The third-order valence-corrected chi connectivity index (χ3v) is 6.97. The molecule has 3 fully saturated rings. The molecular formula is C23H31N5O3. The average molecular weight is 426 g/mol. The van der Waals surface area contributed by atoms with E-state index in [-0.39, 0.29) is 17.9 Å². The SMILES string of the molecule is CC(Cc1nc(C2CC2)nc2c1c(=O)[nH]c(=O)n2C1CC1)C(=O)NCC1CCCCC1. The predicted octanol–water partition coefficient (Wildman–Crippen LogP) is 2.57. The summed E-state index contributed by atoms with van der Waals surface area (Å²) < 4.78 is 1.63. The number of H-pyrrole nitrogens is 1. The van der Waals surface area contributed by atoms with Crippen molar-refractivity contribution in [2.45, 2.75) is 83.1 Å². The lowest BCUT2D eigenvalue weighted by Gasteiger charge is -2.22. The highest BCUT2D eigenvalue weighted by molar-refractivity contribution is 5.81. The lowest BCUT2D eigenvalue weighted by molar-refractivity contribution is -0.124. The highest BCUT2D eigenvalue weighted by Crippen LogP contribution is 2.40. The molecule has 31 heavy (non-hydrogen) atoms. The molecule has 1 amide bonds. The maximum atomic E-state index is 12.8. The minimum absolute atomic E-state index is 0.00255. The molecule has 8 heteroatoms. The van der Waals surface area contributed by atoms with Gasteiger partial charge < -0.3 is 5.32 Å². The van der Waals surface area contributed by atoms with Gasteiger partial charge in [0.15, 0.2) is 5.65 Å². The van der Waals surface area contributed by atoms with Crippen LogP contribution in [0.15, 0.2) is 9.59 Å². The fraction of sp³-hybridized carbons (Fsp3) is 0.696. The number of hydrogen-bond donors (Lipinski definition) is 2. The van der Waals surface area contributed by atoms with Crippen molar-refractivity contribution in [3.8, 4) is 0 Å². The quantitative estimate of drug-likeness (QED) is 0.708. The van der Waals surface area contributed by atoms with Crippen molar-refractivity contribution >= 4 is 16.9 Å². The molecule has 2 heterocycles. The fourth-order valence-electron chi connectivity index (χ4n) is 4.77. The van der Waals surface area contributed by atoms with Crippen LogP contribution in [0.3, 0.4) is 0 Å². The fourth-order valence-corrected chi connectivity index (χ4v) is 4.77. The average Bonchev–Trinajstić information content (AvgIpc) is 3.65. The van der Waals surface area contributed by atoms with E-state index in [9.17, 15) is 14.4 Å². The first-order chi connectivity index (χ1) is 15.0. The second-order valence-electron chi connectivity index (χ2n) is 9.72. The van der Waals surface area contributed by atoms with E-state index in [0.29, 0.717) is 40.8 Å². The molecule has 2 aromatic rings. The number of aromatic nitrogens is 4. The van der Waals surface area contributed by atoms with Gasteiger partial charge in [0.2, 0.25) is 5.91 Å². The van der Waals surface area contributed by atoms with Gasteiger partial charge in [0.05, 0.1) is 5.69 Å². The van der Waals surface area contributed by atoms with Crippen molar-refractivity contribution in [1.82, 2.24) is 24.8 Å². The zero-order valence-corrected chi connectivity index (χ0v) is 18.2. The molecule has 0 bridgehead atoms. The normalized spacial score (nSPS) is 20.7. The first-order valence-corrected chi connectivity index (χ1v) is 11.8. The molecule has 0 aliphatic heterocycles. The molecule has 0 spiro atoms. The van der Waals surface area contributed by atoms with Crippen molar-refractivity contribution in [3.63, 3.8) is 0 Å². The zero-order valence-electron chi connectivity index (χ0n) is 18.2. The van der Waals surface area contributed by atoms with Crippen molar-refractivity contribution in [1.29, 1.82) is 0 Å². The lowest BCUT2D eigenvalue weighted by Crippen LogP contribution is -2.35. The van der Waals surface area contributed by atoms with Crippen LogP contribution in [0.2, 0.25) is 0 Å². The van der Waals surface area contributed by atoms with Crippen LogP contribution in [0.25, 0.3) is 11.0 Å². The first-order valence-electron chi connectivity index (χ1n) is 11.8. The Morgan fingerprint density at radius 1 is 1.10 bits per heavy atom. The summed E-state index contributed by atoms with van der Waals surface area (Å²) in [6, 6.07) is 0.0952. The van der Waals surface area contributed by atoms with Gasteiger partial charge in [0.25, 0.3) is 5.56 Å². The Bertz CT molecular complexity index is 1110. The Morgan fingerprint density at radius 2 is 1.84 bits per heavy atom. The number of nitrogens with zero attached hydrogens (tertiary/aromatic N) is 3. The molecule has 3 aliphatic rings. The van der Waals surface area contributed by atoms with E-state index >= 15 is 0 Å². The Hall–Kier alpha value is -2.51. The molecule has 8 nitrogen and oxygen atoms in total. The molecule has 0 radical (unpaired) electrons. The summed E-state index contributed by atoms with van der Waals surface area (Å²) in [7, 11) is 0. The second-order valence-corrected chi connectivity index (χ2v) is 9.72. The second kappa shape index (κ2) is 8.20. The van der Waals surface area contributed by atoms with E-state index < -0.39 is 11.2 Å². The Morgan fingerprint density at radius 3 is 2.52 bits per heavy atom. The summed E-state index contributed by atoms with van der Waals surface area (Å²) in [5, 5.41) is 3.47. The van der Waals surface area contributed by atoms with E-state index in [1.165, 1.54) is 32.1 Å². The minimum Gasteiger partial charge on any atom is -0.356 e. The van der Waals surface area contributed by atoms with Crippen LogP contribution in [-0.2, 0) is 11.2 Å². The van der Waals surface area contributed by atoms with Gasteiger partial charge in [-0.2, -0.15) is 0 Å². The van der Waals surface area contributed by atoms with Gasteiger partial charge in [0, 0.05) is 30.8 Å². The number of carbonyl (C=O) groups excluding carboxylic acids is 1. The minimum atomic E-state index is -0.455. The molecule has 0 saturated heterocycles. The monoisotopic (exact) mass is 425 g/mol. The summed E-state index contributed by atoms with van der Waals surface area (Å²) in [6.07, 6.45) is 10.4. The van der Waals surface area contributed by atoms with Gasteiger partial charge in [-0.3, -0.25) is 19.1 Å². The number of amides is 1. The van der Waals surface area contributed by atoms with Crippen molar-refractivity contribution in [2.24, 2.45) is 11.8 Å². The Balaban J connectivity index is 1.43. The topological polar surface area (TPSA) is 110 Å². The van der Waals surface area contributed by atoms with Crippen LogP contribution >= 0.6 is 0 Å². The summed E-state index contributed by atoms with van der Waals surface area (Å²) in [5.41, 5.74) is 0.176. The molecule has 166 valence electrons. The van der Waals surface area contributed by atoms with E-state index in [0.717, 1.165) is 32.2 Å². The van der Waals surface area contributed by atoms with Gasteiger partial charge in [-0.1, -0.05) is 26.2 Å². The predicted molar refractivity (Wildman–Crippen MR) is 117 cm³/mol. The molecule has 3 saturated carbocycles. The maximum Gasteiger partial charge on any atom is 0.330 e. The van der Waals surface area contributed by atoms with E-state index in [1.54, 1.807) is 4.57 Å². The number of aromatic amines is 1. The smallest absolute Gasteiger partial charge is 0.330 e. The third-order valence-electron chi connectivity index (χ3n) is 6.97. The standard InChI is InChI=1S/C23H31N5O3/c1-13(21(29)24-12-14-5-3-2-4-6-14)11-17-18-20(26-19(25-17)15-7-8-15)28(16-9-10-16)23(31)27-22(18)30/h13-16H,2-12H2,1H3,(H,24,29)(H,27,30,31). The molecular weight excluding hydrogens is 394 g/mol. The summed E-state index contributed by atoms with van der Waals surface area (Å²) in [5.74, 6) is 1.26. The van der Waals surface area contributed by atoms with Gasteiger partial charge in [-0.05, 0) is 44.4 Å². The van der Waals surface area contributed by atoms with Crippen molar-refractivity contribution in [3.05, 3.63) is 32.4 Å². The van der Waals surface area contributed by atoms with Crippen molar-refractivity contribution in [2.75, 3.05) is 6.54 Å². The molecule has 1 unspecified atom stereocenters. The van der Waals surface area contributed by atoms with Gasteiger partial charge >= 0.3 is 5.69 Å². The summed E-state index contributed by atoms with van der Waals surface area (Å²) >= 11 is 0. The highest BCUT2D eigenvalue weighted by Gasteiger charge is 2.32. The van der Waals surface area contributed by atoms with Gasteiger partial charge in [-0.25, -0.2) is 14.8 Å². The summed E-state index contributed by atoms with van der Waals surface area (Å²) in [6.45, 7) is 2.61. The van der Waals surface area contributed by atoms with Gasteiger partial charge in [-0.15, -0.1) is 0 Å². The number of fused-ring (bicyclic) bond motifs is 1. The zero-order chi connectivity index (χ0) is 21.5. The molecule has 3 aliphatic carbocycles. The largest absolute Gasteiger partial charge is 0.356 e. The highest BCUT2D eigenvalue weighted by atomic mass is 16.2. The molecule has 5 rings (SSSR count). The van der Waals surface area contributed by atoms with Crippen LogP contribution in [0, 0.1) is 11.8 Å². The van der Waals surface area contributed by atoms with Crippen LogP contribution in [0.1, 0.15) is 88.2 Å². The summed E-state index contributed by atoms with van der Waals surface area (Å²) in [4.78, 5) is 49.9. The van der Waals surface area contributed by atoms with Crippen LogP contribution < -0.4 is 16.6 Å².